The number of halogens is 2. The number of Topliss-reactive ketones (excluding diaryl/α,β-unsaturated/α-hetero) is 1. The molecular weight excluding hydrogens is 519 g/mol. The number of nitrogens with one attached hydrogen (secondary N) is 1. The average Bonchev–Trinajstić information content (AvgIpc) is 2.56. The molecule has 4 rings (SSSR count). The number of carbonyl (C=O) groups excluding carboxylic acids is 1. The Balaban J connectivity index is 2.08. The molecule has 2 heterocycles. The molecule has 140 valence electrons. The van der Waals surface area contributed by atoms with Gasteiger partial charge in [-0.3, -0.25) is 4.79 Å². The van der Waals surface area contributed by atoms with E-state index in [1.165, 1.54) is 0 Å². The van der Waals surface area contributed by atoms with Crippen LogP contribution in [-0.2, 0) is 10.2 Å². The molecule has 6 heteroatoms. The fourth-order valence-corrected chi connectivity index (χ4v) is 5.49. The van der Waals surface area contributed by atoms with Gasteiger partial charge in [0.1, 0.15) is 11.6 Å². The van der Waals surface area contributed by atoms with Gasteiger partial charge in [-0.15, -0.1) is 0 Å². The van der Waals surface area contributed by atoms with Gasteiger partial charge >= 0.3 is 0 Å². The summed E-state index contributed by atoms with van der Waals surface area (Å²) in [6.07, 6.45) is 3.11. The van der Waals surface area contributed by atoms with Gasteiger partial charge in [0.05, 0.1) is 5.41 Å². The maximum Gasteiger partial charge on any atom is 0.162 e. The third kappa shape index (κ3) is 2.92. The van der Waals surface area contributed by atoms with Crippen LogP contribution in [0.1, 0.15) is 44.7 Å². The molecule has 0 radical (unpaired) electrons. The number of hydrogen-bond acceptors (Lipinski definition) is 4. The number of benzene rings is 1. The van der Waals surface area contributed by atoms with Crippen molar-refractivity contribution in [3.05, 3.63) is 60.9 Å². The fourth-order valence-electron chi connectivity index (χ4n) is 4.40. The number of fused-ring (bicyclic) bond motifs is 1. The molecule has 1 aromatic carbocycles. The highest BCUT2D eigenvalue weighted by atomic mass is 127. The van der Waals surface area contributed by atoms with E-state index in [0.29, 0.717) is 6.42 Å². The number of phenolic OH excluding ortho intramolecular Hbond substituents is 1. The van der Waals surface area contributed by atoms with Crippen molar-refractivity contribution in [3.63, 3.8) is 0 Å². The summed E-state index contributed by atoms with van der Waals surface area (Å²) in [4.78, 5) is 18.0. The van der Waals surface area contributed by atoms with E-state index in [1.54, 1.807) is 12.1 Å². The molecule has 0 spiro atoms. The van der Waals surface area contributed by atoms with Crippen LogP contribution in [0.25, 0.3) is 0 Å². The Hall–Kier alpha value is -1.41. The lowest BCUT2D eigenvalue weighted by Gasteiger charge is -2.45. The van der Waals surface area contributed by atoms with E-state index >= 15 is 0 Å². The van der Waals surface area contributed by atoms with Crippen LogP contribution >= 0.6 is 38.5 Å². The molecule has 0 bridgehead atoms. The first-order valence-electron chi connectivity index (χ1n) is 8.81. The van der Waals surface area contributed by atoms with Crippen molar-refractivity contribution in [2.24, 2.45) is 5.41 Å². The normalized spacial score (nSPS) is 23.5. The van der Waals surface area contributed by atoms with Crippen LogP contribution in [0.2, 0.25) is 0 Å². The topological polar surface area (TPSA) is 62.2 Å². The predicted molar refractivity (Wildman–Crippen MR) is 118 cm³/mol. The number of ketones is 1. The summed E-state index contributed by atoms with van der Waals surface area (Å²) in [5.41, 5.74) is 2.75. The first-order chi connectivity index (χ1) is 12.6. The predicted octanol–water partition coefficient (Wildman–Crippen LogP) is 5.53. The van der Waals surface area contributed by atoms with Crippen molar-refractivity contribution >= 4 is 50.1 Å². The van der Waals surface area contributed by atoms with Gasteiger partial charge in [0, 0.05) is 37.5 Å². The lowest BCUT2D eigenvalue weighted by molar-refractivity contribution is -0.118. The zero-order valence-corrected chi connectivity index (χ0v) is 19.1. The molecule has 2 N–H and O–H groups in total. The maximum atomic E-state index is 13.3. The number of hydrogen-bond donors (Lipinski definition) is 2. The van der Waals surface area contributed by atoms with Gasteiger partial charge in [0.15, 0.2) is 5.78 Å². The van der Waals surface area contributed by atoms with Gasteiger partial charge in [-0.2, -0.15) is 0 Å². The van der Waals surface area contributed by atoms with E-state index in [9.17, 15) is 9.90 Å². The zero-order chi connectivity index (χ0) is 19.6. The molecule has 0 amide bonds. The van der Waals surface area contributed by atoms with Crippen molar-refractivity contribution in [1.29, 1.82) is 0 Å². The first kappa shape index (κ1) is 18.9. The van der Waals surface area contributed by atoms with Crippen LogP contribution < -0.4 is 5.32 Å². The van der Waals surface area contributed by atoms with Gasteiger partial charge in [0.2, 0.25) is 0 Å². The zero-order valence-electron chi connectivity index (χ0n) is 15.4. The Kier molecular flexibility index (Phi) is 4.42. The molecule has 1 aliphatic carbocycles. The molecule has 2 aromatic rings. The highest BCUT2D eigenvalue weighted by Gasteiger charge is 2.49. The van der Waals surface area contributed by atoms with E-state index < -0.39 is 5.41 Å². The minimum Gasteiger partial charge on any atom is -0.508 e. The highest BCUT2D eigenvalue weighted by Crippen LogP contribution is 2.54. The number of nitrogens with zero attached hydrogens (tertiary/aromatic N) is 1. The summed E-state index contributed by atoms with van der Waals surface area (Å²) in [5.74, 6) is 1.10. The second kappa shape index (κ2) is 6.30. The number of pyridine rings is 1. The number of carbonyl (C=O) groups is 1. The van der Waals surface area contributed by atoms with Crippen LogP contribution in [0.5, 0.6) is 5.75 Å². The smallest absolute Gasteiger partial charge is 0.162 e. The van der Waals surface area contributed by atoms with Crippen LogP contribution in [0.4, 0.5) is 5.82 Å². The van der Waals surface area contributed by atoms with Crippen LogP contribution in [0.3, 0.4) is 0 Å². The maximum absolute atomic E-state index is 13.3. The van der Waals surface area contributed by atoms with Gasteiger partial charge < -0.3 is 10.4 Å². The van der Waals surface area contributed by atoms with Gasteiger partial charge in [0.25, 0.3) is 0 Å². The number of allylic oxidation sites excluding steroid dienone is 2. The Morgan fingerprint density at radius 1 is 1.26 bits per heavy atom. The molecule has 0 fully saturated rings. The van der Waals surface area contributed by atoms with Gasteiger partial charge in [-0.1, -0.05) is 26.0 Å². The third-order valence-corrected chi connectivity index (χ3v) is 7.92. The molecule has 1 aromatic heterocycles. The van der Waals surface area contributed by atoms with Gasteiger partial charge in [-0.25, -0.2) is 4.98 Å². The Labute approximate surface area is 180 Å². The molecule has 4 nitrogen and oxygen atoms in total. The number of aromatic nitrogens is 1. The second-order valence-electron chi connectivity index (χ2n) is 8.24. The number of phenols is 1. The summed E-state index contributed by atoms with van der Waals surface area (Å²) in [6, 6.07) is 7.19. The number of aromatic hydroxyl groups is 1. The van der Waals surface area contributed by atoms with Crippen LogP contribution in [-0.4, -0.2) is 15.9 Å². The number of rotatable bonds is 1. The second-order valence-corrected chi connectivity index (χ2v) is 10.2. The highest BCUT2D eigenvalue weighted by molar-refractivity contribution is 14.1. The SMILES string of the molecule is CC1(C)CC(=O)C2=C(C1)Nc1ncc(I)c(Br)c1C2(C)c1cccc(O)c1. The van der Waals surface area contributed by atoms with Crippen molar-refractivity contribution in [3.8, 4) is 5.75 Å². The summed E-state index contributed by atoms with van der Waals surface area (Å²) in [5, 5.41) is 13.6. The summed E-state index contributed by atoms with van der Waals surface area (Å²) in [7, 11) is 0. The minimum atomic E-state index is -0.699. The largest absolute Gasteiger partial charge is 0.508 e. The lowest BCUT2D eigenvalue weighted by Crippen LogP contribution is -2.42. The van der Waals surface area contributed by atoms with Crippen LogP contribution in [0, 0.1) is 8.99 Å². The van der Waals surface area contributed by atoms with Gasteiger partial charge in [-0.05, 0) is 75.0 Å². The van der Waals surface area contributed by atoms with Crippen LogP contribution in [0.15, 0.2) is 46.2 Å². The average molecular weight is 539 g/mol. The van der Waals surface area contributed by atoms with Crippen molar-refractivity contribution < 1.29 is 9.90 Å². The molecule has 27 heavy (non-hydrogen) atoms. The number of anilines is 1. The Morgan fingerprint density at radius 3 is 2.70 bits per heavy atom. The molecule has 1 atom stereocenters. The van der Waals surface area contributed by atoms with Crippen molar-refractivity contribution in [2.45, 2.75) is 39.0 Å². The molecule has 0 saturated carbocycles. The molecular formula is C21H20BrIN2O2. The third-order valence-electron chi connectivity index (χ3n) is 5.54. The van der Waals surface area contributed by atoms with Crippen molar-refractivity contribution in [1.82, 2.24) is 4.98 Å². The summed E-state index contributed by atoms with van der Waals surface area (Å²) in [6.45, 7) is 6.30. The molecule has 1 aliphatic heterocycles. The van der Waals surface area contributed by atoms with E-state index in [4.69, 9.17) is 0 Å². The summed E-state index contributed by atoms with van der Waals surface area (Å²) >= 11 is 5.98. The Morgan fingerprint density at radius 2 is 2.00 bits per heavy atom. The standard InChI is InChI=1S/C21H20BrIN2O2/c1-20(2)8-14-16(15(27)9-20)21(3,11-5-4-6-12(26)7-11)17-18(22)13(23)10-24-19(17)25-14/h4-7,10,26H,8-9H2,1-3H3,(H,24,25). The fraction of sp³-hybridized carbons (Fsp3) is 0.333. The summed E-state index contributed by atoms with van der Waals surface area (Å²) < 4.78 is 1.91. The first-order valence-corrected chi connectivity index (χ1v) is 10.7. The molecule has 2 aliphatic rings. The van der Waals surface area contributed by atoms with E-state index in [-0.39, 0.29) is 16.9 Å². The molecule has 1 unspecified atom stereocenters. The lowest BCUT2D eigenvalue weighted by atomic mass is 9.62. The minimum absolute atomic E-state index is 0.0966. The quantitative estimate of drug-likeness (QED) is 0.469. The molecule has 0 saturated heterocycles. The van der Waals surface area contributed by atoms with E-state index in [1.807, 2.05) is 18.3 Å². The van der Waals surface area contributed by atoms with Crippen molar-refractivity contribution in [2.75, 3.05) is 5.32 Å². The van der Waals surface area contributed by atoms with E-state index in [2.05, 4.69) is 69.6 Å². The monoisotopic (exact) mass is 538 g/mol. The van der Waals surface area contributed by atoms with E-state index in [0.717, 1.165) is 42.7 Å². The Bertz CT molecular complexity index is 1020.